The van der Waals surface area contributed by atoms with Gasteiger partial charge in [-0.05, 0) is 32.4 Å². The number of piperidine rings is 2. The Balaban J connectivity index is 1.51. The Morgan fingerprint density at radius 3 is 2.68 bits per heavy atom. The summed E-state index contributed by atoms with van der Waals surface area (Å²) >= 11 is 0. The summed E-state index contributed by atoms with van der Waals surface area (Å²) in [6.07, 6.45) is 3.37. The largest absolute Gasteiger partial charge is 0.461 e. The van der Waals surface area contributed by atoms with E-state index in [1.165, 1.54) is 12.8 Å². The lowest BCUT2D eigenvalue weighted by atomic mass is 9.41. The maximum absolute atomic E-state index is 12.7. The van der Waals surface area contributed by atoms with Crippen LogP contribution in [0.25, 0.3) is 0 Å². The molecule has 1 saturated heterocycles. The van der Waals surface area contributed by atoms with Crippen LogP contribution in [0, 0.1) is 5.41 Å². The smallest absolute Gasteiger partial charge is 0.318 e. The summed E-state index contributed by atoms with van der Waals surface area (Å²) in [6, 6.07) is 10.6. The predicted molar refractivity (Wildman–Crippen MR) is 82.4 cm³/mol. The van der Waals surface area contributed by atoms with E-state index in [9.17, 15) is 9.90 Å². The molecule has 118 valence electrons. The molecule has 22 heavy (non-hydrogen) atoms. The first kappa shape index (κ1) is 14.2. The highest BCUT2D eigenvalue weighted by Crippen LogP contribution is 2.68. The topological polar surface area (TPSA) is 49.8 Å². The van der Waals surface area contributed by atoms with Gasteiger partial charge in [-0.25, -0.2) is 0 Å². The van der Waals surface area contributed by atoms with Crippen molar-refractivity contribution in [1.82, 2.24) is 4.90 Å². The van der Waals surface area contributed by atoms with Crippen molar-refractivity contribution in [2.75, 3.05) is 13.7 Å². The standard InChI is InChI=1S/C18H23NO3/c1-17(11-20,12-6-4-3-5-7-12)16(21)22-15-10-14-18(15)9-8-13(18)19(14)2/h3-7,13-15,20H,8-11H2,1-2H3. The van der Waals surface area contributed by atoms with Crippen LogP contribution in [0.1, 0.15) is 31.7 Å². The third-order valence-corrected chi connectivity index (χ3v) is 6.54. The summed E-state index contributed by atoms with van der Waals surface area (Å²) in [5.74, 6) is -0.292. The number of hydrogen-bond acceptors (Lipinski definition) is 4. The van der Waals surface area contributed by atoms with E-state index in [1.54, 1.807) is 6.92 Å². The van der Waals surface area contributed by atoms with Crippen LogP contribution in [-0.2, 0) is 14.9 Å². The van der Waals surface area contributed by atoms with E-state index in [0.717, 1.165) is 12.0 Å². The van der Waals surface area contributed by atoms with Gasteiger partial charge in [0.15, 0.2) is 0 Å². The lowest BCUT2D eigenvalue weighted by Crippen LogP contribution is -2.86. The minimum absolute atomic E-state index is 0.0366. The van der Waals surface area contributed by atoms with Crippen LogP contribution in [0.5, 0.6) is 0 Å². The van der Waals surface area contributed by atoms with E-state index in [0.29, 0.717) is 12.1 Å². The van der Waals surface area contributed by atoms with Gasteiger partial charge in [0.05, 0.1) is 6.61 Å². The average molecular weight is 301 g/mol. The van der Waals surface area contributed by atoms with E-state index < -0.39 is 5.41 Å². The van der Waals surface area contributed by atoms with Crippen molar-refractivity contribution in [1.29, 1.82) is 0 Å². The number of rotatable bonds is 4. The number of ether oxygens (including phenoxy) is 1. The van der Waals surface area contributed by atoms with Gasteiger partial charge in [0, 0.05) is 23.9 Å². The summed E-state index contributed by atoms with van der Waals surface area (Å²) in [7, 11) is 2.17. The number of aliphatic hydroxyl groups excluding tert-OH is 1. The number of nitrogens with zero attached hydrogens (tertiary/aromatic N) is 1. The van der Waals surface area contributed by atoms with Crippen LogP contribution < -0.4 is 0 Å². The molecule has 1 N–H and O–H groups in total. The third kappa shape index (κ3) is 1.52. The van der Waals surface area contributed by atoms with Gasteiger partial charge in [-0.2, -0.15) is 0 Å². The highest BCUT2D eigenvalue weighted by atomic mass is 16.5. The summed E-state index contributed by atoms with van der Waals surface area (Å²) in [5, 5.41) is 9.81. The minimum Gasteiger partial charge on any atom is -0.461 e. The molecular weight excluding hydrogens is 278 g/mol. The number of esters is 1. The molecule has 5 atom stereocenters. The van der Waals surface area contributed by atoms with Crippen LogP contribution in [0.15, 0.2) is 30.3 Å². The van der Waals surface area contributed by atoms with Crippen LogP contribution in [0.4, 0.5) is 0 Å². The van der Waals surface area contributed by atoms with E-state index in [1.807, 2.05) is 30.3 Å². The fourth-order valence-corrected chi connectivity index (χ4v) is 4.83. The lowest BCUT2D eigenvalue weighted by Gasteiger charge is -2.78. The second-order valence-corrected chi connectivity index (χ2v) is 7.33. The second-order valence-electron chi connectivity index (χ2n) is 7.33. The maximum Gasteiger partial charge on any atom is 0.318 e. The van der Waals surface area contributed by atoms with Gasteiger partial charge in [-0.3, -0.25) is 9.69 Å². The van der Waals surface area contributed by atoms with Crippen LogP contribution in [-0.4, -0.2) is 47.8 Å². The van der Waals surface area contributed by atoms with E-state index in [2.05, 4.69) is 11.9 Å². The summed E-state index contributed by atoms with van der Waals surface area (Å²) in [5.41, 5.74) is 0.0711. The summed E-state index contributed by atoms with van der Waals surface area (Å²) in [4.78, 5) is 15.2. The molecule has 0 radical (unpaired) electrons. The molecule has 0 bridgehead atoms. The van der Waals surface area contributed by atoms with Crippen molar-refractivity contribution in [2.24, 2.45) is 5.41 Å². The van der Waals surface area contributed by atoms with Crippen LogP contribution in [0.3, 0.4) is 0 Å². The Labute approximate surface area is 131 Å². The lowest BCUT2D eigenvalue weighted by molar-refractivity contribution is -0.316. The van der Waals surface area contributed by atoms with Gasteiger partial charge in [0.1, 0.15) is 11.5 Å². The molecule has 2 saturated carbocycles. The monoisotopic (exact) mass is 301 g/mol. The van der Waals surface area contributed by atoms with Crippen molar-refractivity contribution in [3.05, 3.63) is 35.9 Å². The van der Waals surface area contributed by atoms with Crippen molar-refractivity contribution < 1.29 is 14.6 Å². The molecular formula is C18H23NO3. The Morgan fingerprint density at radius 2 is 2.14 bits per heavy atom. The average Bonchev–Trinajstić information content (AvgIpc) is 2.49. The van der Waals surface area contributed by atoms with Crippen LogP contribution in [0.2, 0.25) is 0 Å². The van der Waals surface area contributed by atoms with Gasteiger partial charge < -0.3 is 9.84 Å². The van der Waals surface area contributed by atoms with Crippen molar-refractivity contribution in [2.45, 2.75) is 49.8 Å². The number of benzene rings is 1. The maximum atomic E-state index is 12.7. The zero-order valence-electron chi connectivity index (χ0n) is 13.2. The van der Waals surface area contributed by atoms with Crippen molar-refractivity contribution in [3.63, 3.8) is 0 Å². The van der Waals surface area contributed by atoms with Gasteiger partial charge >= 0.3 is 5.97 Å². The van der Waals surface area contributed by atoms with Gasteiger partial charge in [-0.15, -0.1) is 0 Å². The molecule has 1 aromatic carbocycles. The minimum atomic E-state index is -0.974. The quantitative estimate of drug-likeness (QED) is 0.860. The fourth-order valence-electron chi connectivity index (χ4n) is 4.83. The number of aliphatic hydroxyl groups is 1. The molecule has 3 aliphatic rings. The highest BCUT2D eigenvalue weighted by molar-refractivity contribution is 5.83. The first-order valence-corrected chi connectivity index (χ1v) is 8.13. The molecule has 1 aliphatic heterocycles. The Bertz CT molecular complexity index is 596. The van der Waals surface area contributed by atoms with Gasteiger partial charge in [-0.1, -0.05) is 30.3 Å². The molecule has 3 fully saturated rings. The first-order chi connectivity index (χ1) is 10.5. The van der Waals surface area contributed by atoms with Crippen molar-refractivity contribution >= 4 is 5.97 Å². The normalized spacial score (nSPS) is 38.4. The molecule has 4 heteroatoms. The zero-order chi connectivity index (χ0) is 15.5. The molecule has 4 nitrogen and oxygen atoms in total. The van der Waals surface area contributed by atoms with Crippen molar-refractivity contribution in [3.8, 4) is 0 Å². The summed E-state index contributed by atoms with van der Waals surface area (Å²) < 4.78 is 5.88. The summed E-state index contributed by atoms with van der Waals surface area (Å²) in [6.45, 7) is 1.53. The highest BCUT2D eigenvalue weighted by Gasteiger charge is 2.75. The SMILES string of the molecule is CN1C2CCC23C(OC(=O)C(C)(CO)c2ccccc2)CC13. The van der Waals surface area contributed by atoms with Crippen LogP contribution >= 0.6 is 0 Å². The third-order valence-electron chi connectivity index (χ3n) is 6.54. The Hall–Kier alpha value is -1.39. The van der Waals surface area contributed by atoms with E-state index in [4.69, 9.17) is 4.74 Å². The Morgan fingerprint density at radius 1 is 1.41 bits per heavy atom. The van der Waals surface area contributed by atoms with Gasteiger partial charge in [0.25, 0.3) is 0 Å². The van der Waals surface area contributed by atoms with E-state index >= 15 is 0 Å². The molecule has 4 rings (SSSR count). The second kappa shape index (κ2) is 4.56. The number of likely N-dealkylation sites (tertiary alicyclic amines) is 1. The number of hydrogen-bond donors (Lipinski definition) is 1. The molecule has 1 heterocycles. The molecule has 2 aliphatic carbocycles. The predicted octanol–water partition coefficient (Wildman–Crippen LogP) is 1.71. The number of carbonyl (C=O) groups excluding carboxylic acids is 1. The zero-order valence-corrected chi connectivity index (χ0v) is 13.2. The fraction of sp³-hybridized carbons (Fsp3) is 0.611. The van der Waals surface area contributed by atoms with Gasteiger partial charge in [0.2, 0.25) is 0 Å². The first-order valence-electron chi connectivity index (χ1n) is 8.13. The Kier molecular flexibility index (Phi) is 2.94. The number of carbonyl (C=O) groups is 1. The molecule has 5 unspecified atom stereocenters. The molecule has 1 spiro atoms. The molecule has 0 aromatic heterocycles. The molecule has 1 aromatic rings. The van der Waals surface area contributed by atoms with E-state index in [-0.39, 0.29) is 24.1 Å². The molecule has 0 amide bonds.